The summed E-state index contributed by atoms with van der Waals surface area (Å²) < 4.78 is 0. The van der Waals surface area contributed by atoms with E-state index in [0.29, 0.717) is 12.1 Å². The second-order valence-electron chi connectivity index (χ2n) is 7.21. The van der Waals surface area contributed by atoms with Crippen LogP contribution in [0.1, 0.15) is 16.7 Å². The zero-order valence-corrected chi connectivity index (χ0v) is 17.0. The number of hydrogen-bond donors (Lipinski definition) is 0. The summed E-state index contributed by atoms with van der Waals surface area (Å²) in [6, 6.07) is 8.31. The van der Waals surface area contributed by atoms with Crippen LogP contribution in [0.2, 0.25) is 0 Å². The SMILES string of the molecule is O=[N+]([O-])c1cccc(C=C2c3cc([N+](=O)[O-])cc([N+](=O)[O-])c3-c3c2cc([N+](=O)[O-])cc3[N+](=O)[O-])c1. The zero-order valence-electron chi connectivity index (χ0n) is 17.0. The molecule has 0 saturated carbocycles. The summed E-state index contributed by atoms with van der Waals surface area (Å²) in [4.78, 5) is 53.3. The Labute approximate surface area is 192 Å². The largest absolute Gasteiger partial charge is 0.284 e. The van der Waals surface area contributed by atoms with Crippen LogP contribution in [-0.2, 0) is 0 Å². The molecule has 1 aliphatic rings. The topological polar surface area (TPSA) is 216 Å². The number of hydrogen-bond acceptors (Lipinski definition) is 10. The molecule has 0 amide bonds. The highest BCUT2D eigenvalue weighted by Crippen LogP contribution is 2.54. The third kappa shape index (κ3) is 3.78. The minimum absolute atomic E-state index is 0.0471. The van der Waals surface area contributed by atoms with Gasteiger partial charge in [-0.15, -0.1) is 0 Å². The van der Waals surface area contributed by atoms with Crippen molar-refractivity contribution in [2.75, 3.05) is 0 Å². The summed E-state index contributed by atoms with van der Waals surface area (Å²) in [5, 5.41) is 57.6. The van der Waals surface area contributed by atoms with Gasteiger partial charge in [-0.25, -0.2) is 0 Å². The van der Waals surface area contributed by atoms with Gasteiger partial charge in [0.25, 0.3) is 28.4 Å². The fraction of sp³-hybridized carbons (Fsp3) is 0. The third-order valence-electron chi connectivity index (χ3n) is 5.24. The molecule has 4 rings (SSSR count). The van der Waals surface area contributed by atoms with E-state index in [1.165, 1.54) is 24.3 Å². The minimum atomic E-state index is -0.947. The Morgan fingerprint density at radius 2 is 1.00 bits per heavy atom. The lowest BCUT2D eigenvalue weighted by molar-refractivity contribution is -0.395. The molecular formula is C20H9N5O10. The molecule has 35 heavy (non-hydrogen) atoms. The van der Waals surface area contributed by atoms with Crippen LogP contribution in [-0.4, -0.2) is 24.6 Å². The van der Waals surface area contributed by atoms with Gasteiger partial charge in [0.1, 0.15) is 0 Å². The average Bonchev–Trinajstić information content (AvgIpc) is 3.11. The van der Waals surface area contributed by atoms with Gasteiger partial charge in [0.2, 0.25) is 0 Å². The van der Waals surface area contributed by atoms with E-state index in [1.807, 2.05) is 0 Å². The number of nitrogens with zero attached hydrogens (tertiary/aromatic N) is 5. The Kier molecular flexibility index (Phi) is 5.21. The molecule has 15 nitrogen and oxygen atoms in total. The van der Waals surface area contributed by atoms with Gasteiger partial charge in [-0.2, -0.15) is 0 Å². The van der Waals surface area contributed by atoms with E-state index >= 15 is 0 Å². The first kappa shape index (κ1) is 22.6. The van der Waals surface area contributed by atoms with Gasteiger partial charge in [0.15, 0.2) is 0 Å². The molecule has 15 heteroatoms. The number of rotatable bonds is 6. The van der Waals surface area contributed by atoms with Crippen molar-refractivity contribution in [1.82, 2.24) is 0 Å². The van der Waals surface area contributed by atoms with Crippen molar-refractivity contribution < 1.29 is 24.6 Å². The smallest absolute Gasteiger partial charge is 0.258 e. The maximum Gasteiger partial charge on any atom is 0.284 e. The van der Waals surface area contributed by atoms with E-state index in [9.17, 15) is 50.6 Å². The number of benzene rings is 3. The Balaban J connectivity index is 2.17. The average molecular weight is 479 g/mol. The van der Waals surface area contributed by atoms with Gasteiger partial charge in [0, 0.05) is 35.4 Å². The van der Waals surface area contributed by atoms with Crippen LogP contribution in [0.5, 0.6) is 0 Å². The predicted octanol–water partition coefficient (Wildman–Crippen LogP) is 4.80. The van der Waals surface area contributed by atoms with Crippen LogP contribution in [0.15, 0.2) is 48.5 Å². The molecule has 0 fully saturated rings. The molecule has 3 aromatic rings. The quantitative estimate of drug-likeness (QED) is 0.272. The first-order valence-corrected chi connectivity index (χ1v) is 9.40. The molecule has 0 aromatic heterocycles. The van der Waals surface area contributed by atoms with Crippen molar-refractivity contribution in [3.63, 3.8) is 0 Å². The Morgan fingerprint density at radius 1 is 0.543 bits per heavy atom. The van der Waals surface area contributed by atoms with Crippen LogP contribution in [0.25, 0.3) is 22.8 Å². The van der Waals surface area contributed by atoms with E-state index in [2.05, 4.69) is 0 Å². The highest BCUT2D eigenvalue weighted by Gasteiger charge is 2.40. The van der Waals surface area contributed by atoms with Gasteiger partial charge in [-0.3, -0.25) is 50.6 Å². The third-order valence-corrected chi connectivity index (χ3v) is 5.24. The molecule has 0 atom stereocenters. The monoisotopic (exact) mass is 479 g/mol. The Bertz CT molecular complexity index is 1460. The summed E-state index contributed by atoms with van der Waals surface area (Å²) in [5.74, 6) is 0. The molecule has 174 valence electrons. The Hall–Kier alpha value is -5.60. The zero-order chi connectivity index (χ0) is 25.6. The number of nitro groups is 5. The molecular weight excluding hydrogens is 470 g/mol. The highest BCUT2D eigenvalue weighted by atomic mass is 16.6. The molecule has 0 saturated heterocycles. The van der Waals surface area contributed by atoms with Crippen LogP contribution < -0.4 is 0 Å². The van der Waals surface area contributed by atoms with E-state index in [0.717, 1.165) is 18.2 Å². The molecule has 0 heterocycles. The molecule has 0 unspecified atom stereocenters. The fourth-order valence-electron chi connectivity index (χ4n) is 3.87. The van der Waals surface area contributed by atoms with Crippen LogP contribution in [0.4, 0.5) is 28.4 Å². The molecule has 1 aliphatic carbocycles. The number of nitro benzene ring substituents is 5. The summed E-state index contributed by atoms with van der Waals surface area (Å²) in [6.07, 6.45) is 1.26. The van der Waals surface area contributed by atoms with Crippen molar-refractivity contribution in [3.8, 4) is 11.1 Å². The lowest BCUT2D eigenvalue weighted by Crippen LogP contribution is -1.99. The molecule has 0 radical (unpaired) electrons. The van der Waals surface area contributed by atoms with Crippen molar-refractivity contribution in [1.29, 1.82) is 0 Å². The maximum absolute atomic E-state index is 11.8. The van der Waals surface area contributed by atoms with Gasteiger partial charge < -0.3 is 0 Å². The van der Waals surface area contributed by atoms with Crippen LogP contribution in [0, 0.1) is 50.6 Å². The summed E-state index contributed by atoms with van der Waals surface area (Å²) in [7, 11) is 0. The van der Waals surface area contributed by atoms with Crippen LogP contribution >= 0.6 is 0 Å². The van der Waals surface area contributed by atoms with Crippen molar-refractivity contribution in [2.45, 2.75) is 0 Å². The first-order chi connectivity index (χ1) is 16.5. The van der Waals surface area contributed by atoms with Gasteiger partial charge in [-0.05, 0) is 17.2 Å². The van der Waals surface area contributed by atoms with Gasteiger partial charge >= 0.3 is 0 Å². The van der Waals surface area contributed by atoms with Gasteiger partial charge in [-0.1, -0.05) is 12.1 Å². The van der Waals surface area contributed by atoms with E-state index < -0.39 is 47.4 Å². The second kappa shape index (κ2) is 8.07. The van der Waals surface area contributed by atoms with E-state index in [1.54, 1.807) is 0 Å². The second-order valence-corrected chi connectivity index (χ2v) is 7.21. The molecule has 3 aromatic carbocycles. The van der Waals surface area contributed by atoms with E-state index in [4.69, 9.17) is 0 Å². The highest BCUT2D eigenvalue weighted by molar-refractivity contribution is 6.12. The first-order valence-electron chi connectivity index (χ1n) is 9.40. The predicted molar refractivity (Wildman–Crippen MR) is 119 cm³/mol. The molecule has 0 spiro atoms. The molecule has 0 bridgehead atoms. The number of fused-ring (bicyclic) bond motifs is 3. The van der Waals surface area contributed by atoms with Gasteiger partial charge in [0.05, 0.1) is 47.9 Å². The van der Waals surface area contributed by atoms with Crippen molar-refractivity contribution in [2.24, 2.45) is 0 Å². The summed E-state index contributed by atoms with van der Waals surface area (Å²) in [6.45, 7) is 0. The Morgan fingerprint density at radius 3 is 1.40 bits per heavy atom. The van der Waals surface area contributed by atoms with Crippen molar-refractivity contribution in [3.05, 3.63) is 116 Å². The minimum Gasteiger partial charge on any atom is -0.258 e. The molecule has 0 N–H and O–H groups in total. The summed E-state index contributed by atoms with van der Waals surface area (Å²) >= 11 is 0. The normalized spacial score (nSPS) is 11.4. The van der Waals surface area contributed by atoms with Crippen molar-refractivity contribution >= 4 is 40.1 Å². The summed E-state index contributed by atoms with van der Waals surface area (Å²) in [5.41, 5.74) is -4.14. The number of non-ortho nitro benzene ring substituents is 3. The maximum atomic E-state index is 11.8. The lowest BCUT2D eigenvalue weighted by atomic mass is 9.99. The van der Waals surface area contributed by atoms with E-state index in [-0.39, 0.29) is 39.1 Å². The fourth-order valence-corrected chi connectivity index (χ4v) is 3.87. The lowest BCUT2D eigenvalue weighted by Gasteiger charge is -2.04. The standard InChI is InChI=1S/C20H9N5O10/c26-21(27)11-3-1-2-10(4-11)5-14-15-6-12(22(28)29)8-17(24(32)33)19(15)20-16(14)7-13(23(30)31)9-18(20)25(34)35/h1-9H. The van der Waals surface area contributed by atoms with Crippen LogP contribution in [0.3, 0.4) is 0 Å². The molecule has 0 aliphatic heterocycles.